The average Bonchev–Trinajstić information content (AvgIpc) is 3.91. The molecule has 0 unspecified atom stereocenters. The number of likely N-dealkylation sites (tertiary alicyclic amines) is 1. The van der Waals surface area contributed by atoms with Gasteiger partial charge in [-0.05, 0) is 95.4 Å². The summed E-state index contributed by atoms with van der Waals surface area (Å²) in [5.74, 6) is -8.08. The molecule has 0 aliphatic carbocycles. The van der Waals surface area contributed by atoms with E-state index < -0.39 is 65.5 Å². The Labute approximate surface area is 367 Å². The number of alkyl halides is 2. The minimum atomic E-state index is -3.49. The largest absolute Gasteiger partial charge is 0.493 e. The number of carbonyl (C=O) groups excluding carboxylic acids is 6. The number of carbonyl (C=O) groups is 6. The molecule has 4 N–H and O–H groups in total. The van der Waals surface area contributed by atoms with E-state index in [0.717, 1.165) is 36.6 Å². The highest BCUT2D eigenvalue weighted by molar-refractivity contribution is 6.40. The van der Waals surface area contributed by atoms with E-state index in [1.807, 2.05) is 52.9 Å². The summed E-state index contributed by atoms with van der Waals surface area (Å²) in [4.78, 5) is 82.5. The minimum absolute atomic E-state index is 0.121. The minimum Gasteiger partial charge on any atom is -0.493 e. The highest BCUT2D eigenvalue weighted by Crippen LogP contribution is 2.41. The van der Waals surface area contributed by atoms with Crippen molar-refractivity contribution in [3.05, 3.63) is 58.7 Å². The first-order valence-corrected chi connectivity index (χ1v) is 21.2. The van der Waals surface area contributed by atoms with Crippen molar-refractivity contribution >= 4 is 35.3 Å². The molecule has 0 radical (unpaired) electrons. The lowest BCUT2D eigenvalue weighted by atomic mass is 9.90. The molecular formula is C45H62F2N6O10. The van der Waals surface area contributed by atoms with Crippen LogP contribution in [-0.4, -0.2) is 121 Å². The number of methoxy groups -OCH3 is 2. The second kappa shape index (κ2) is 20.1. The fraction of sp³-hybridized carbons (Fsp3) is 0.600. The van der Waals surface area contributed by atoms with E-state index in [2.05, 4.69) is 21.3 Å². The molecule has 3 aliphatic heterocycles. The molecule has 0 saturated carbocycles. The molecule has 5 amide bonds. The van der Waals surface area contributed by atoms with Crippen molar-refractivity contribution in [3.63, 3.8) is 0 Å². The fourth-order valence-corrected chi connectivity index (χ4v) is 8.35. The number of nitrogens with one attached hydrogen (secondary N) is 4. The molecule has 18 heteroatoms. The number of ether oxygens (including phenoxy) is 4. The van der Waals surface area contributed by atoms with Gasteiger partial charge < -0.3 is 50.0 Å². The number of hydrogen-bond donors (Lipinski definition) is 4. The Bertz CT molecular complexity index is 2050. The predicted octanol–water partition coefficient (Wildman–Crippen LogP) is 3.16. The summed E-state index contributed by atoms with van der Waals surface area (Å²) in [6.45, 7) is 9.91. The molecule has 2 aromatic rings. The summed E-state index contributed by atoms with van der Waals surface area (Å²) in [5, 5.41) is 11.1. The van der Waals surface area contributed by atoms with E-state index in [1.54, 1.807) is 23.1 Å². The first-order valence-electron chi connectivity index (χ1n) is 21.2. The molecule has 0 bridgehead atoms. The molecule has 3 aliphatic rings. The first-order chi connectivity index (χ1) is 29.6. The molecule has 2 aromatic carbocycles. The van der Waals surface area contributed by atoms with E-state index in [1.165, 1.54) is 14.2 Å². The number of amides is 5. The normalized spacial score (nSPS) is 20.6. The summed E-state index contributed by atoms with van der Waals surface area (Å²) >= 11 is 0. The number of Topliss-reactive ketones (excluding diaryl/α,β-unsaturated/α-hetero) is 1. The topological polar surface area (TPSA) is 194 Å². The molecule has 346 valence electrons. The summed E-state index contributed by atoms with van der Waals surface area (Å²) in [7, 11) is 4.79. The lowest BCUT2D eigenvalue weighted by Gasteiger charge is -2.34. The average molecular weight is 885 g/mol. The summed E-state index contributed by atoms with van der Waals surface area (Å²) in [6.07, 6.45) is -0.528. The van der Waals surface area contributed by atoms with Crippen LogP contribution in [0.25, 0.3) is 0 Å². The van der Waals surface area contributed by atoms with Gasteiger partial charge in [-0.25, -0.2) is 8.78 Å². The Morgan fingerprint density at radius 3 is 2.30 bits per heavy atom. The van der Waals surface area contributed by atoms with Crippen LogP contribution in [0.3, 0.4) is 0 Å². The quantitative estimate of drug-likeness (QED) is 0.106. The fourth-order valence-electron chi connectivity index (χ4n) is 8.35. The van der Waals surface area contributed by atoms with Crippen LogP contribution in [-0.2, 0) is 64.4 Å². The van der Waals surface area contributed by atoms with E-state index >= 15 is 0 Å². The van der Waals surface area contributed by atoms with Crippen molar-refractivity contribution in [1.29, 1.82) is 0 Å². The van der Waals surface area contributed by atoms with Crippen LogP contribution in [0, 0.1) is 5.92 Å². The monoisotopic (exact) mass is 884 g/mol. The molecule has 0 spiro atoms. The van der Waals surface area contributed by atoms with Gasteiger partial charge in [-0.15, -0.1) is 0 Å². The highest BCUT2D eigenvalue weighted by atomic mass is 19.3. The van der Waals surface area contributed by atoms with Crippen molar-refractivity contribution in [3.8, 4) is 11.5 Å². The Balaban J connectivity index is 1.12. The molecule has 2 fully saturated rings. The Hall–Kier alpha value is -5.20. The third-order valence-corrected chi connectivity index (χ3v) is 11.9. The van der Waals surface area contributed by atoms with Gasteiger partial charge in [0.25, 0.3) is 11.8 Å². The van der Waals surface area contributed by atoms with Crippen LogP contribution in [0.15, 0.2) is 36.4 Å². The van der Waals surface area contributed by atoms with Crippen molar-refractivity contribution in [2.45, 2.75) is 122 Å². The third-order valence-electron chi connectivity index (χ3n) is 11.9. The zero-order valence-electron chi connectivity index (χ0n) is 37.5. The van der Waals surface area contributed by atoms with Crippen molar-refractivity contribution < 1.29 is 56.5 Å². The molecule has 3 atom stereocenters. The molecule has 3 heterocycles. The second-order valence-corrected chi connectivity index (χ2v) is 18.0. The smallest absolute Gasteiger partial charge is 0.290 e. The number of nitrogens with zero attached hydrogens (tertiary/aromatic N) is 2. The maximum atomic E-state index is 15.0. The van der Waals surface area contributed by atoms with Crippen LogP contribution in [0.1, 0.15) is 89.0 Å². The number of benzene rings is 2. The molecular weight excluding hydrogens is 823 g/mol. The van der Waals surface area contributed by atoms with Gasteiger partial charge in [0.05, 0.1) is 51.6 Å². The maximum Gasteiger partial charge on any atom is 0.290 e. The second-order valence-electron chi connectivity index (χ2n) is 18.0. The summed E-state index contributed by atoms with van der Waals surface area (Å²) < 4.78 is 52.4. The van der Waals surface area contributed by atoms with Gasteiger partial charge in [-0.1, -0.05) is 24.3 Å². The van der Waals surface area contributed by atoms with E-state index in [-0.39, 0.29) is 62.9 Å². The highest BCUT2D eigenvalue weighted by Gasteiger charge is 2.60. The van der Waals surface area contributed by atoms with Crippen molar-refractivity contribution in [2.24, 2.45) is 5.92 Å². The van der Waals surface area contributed by atoms with Crippen LogP contribution >= 0.6 is 0 Å². The Morgan fingerprint density at radius 2 is 1.62 bits per heavy atom. The third kappa shape index (κ3) is 12.3. The van der Waals surface area contributed by atoms with Gasteiger partial charge in [0, 0.05) is 44.9 Å². The van der Waals surface area contributed by atoms with Crippen LogP contribution in [0.4, 0.5) is 8.78 Å². The zero-order valence-corrected chi connectivity index (χ0v) is 37.5. The van der Waals surface area contributed by atoms with Gasteiger partial charge in [-0.3, -0.25) is 28.8 Å². The first kappa shape index (κ1) is 48.8. The van der Waals surface area contributed by atoms with Gasteiger partial charge in [0.1, 0.15) is 11.6 Å². The number of ketones is 1. The van der Waals surface area contributed by atoms with Gasteiger partial charge in [0.2, 0.25) is 29.4 Å². The van der Waals surface area contributed by atoms with E-state index in [4.69, 9.17) is 18.9 Å². The molecule has 2 saturated heterocycles. The van der Waals surface area contributed by atoms with Gasteiger partial charge in [-0.2, -0.15) is 0 Å². The predicted molar refractivity (Wildman–Crippen MR) is 227 cm³/mol. The van der Waals surface area contributed by atoms with Crippen LogP contribution < -0.4 is 30.7 Å². The number of halogens is 2. The SMILES string of the molecule is CNCCC(C)(C)OCCOC(C)(C)CC(=O)NCc1cccc2c1CN(C(=O)C[C@@H]1C[C@@H](C(=O)N3CC(F)(F)C[C@@]3(C)C(=O)C(=O)NCc3ccc(OC)c(OC)c3)NC1=O)C2. The maximum absolute atomic E-state index is 15.0. The van der Waals surface area contributed by atoms with Gasteiger partial charge in [0.15, 0.2) is 11.5 Å². The molecule has 63 heavy (non-hydrogen) atoms. The summed E-state index contributed by atoms with van der Waals surface area (Å²) in [6, 6.07) is 9.16. The zero-order chi connectivity index (χ0) is 46.3. The number of rotatable bonds is 21. The van der Waals surface area contributed by atoms with Crippen molar-refractivity contribution in [1.82, 2.24) is 31.1 Å². The lowest BCUT2D eigenvalue weighted by Crippen LogP contribution is -2.58. The molecule has 5 rings (SSSR count). The Morgan fingerprint density at radius 1 is 0.921 bits per heavy atom. The lowest BCUT2D eigenvalue weighted by molar-refractivity contribution is -0.150. The van der Waals surface area contributed by atoms with E-state index in [9.17, 15) is 37.5 Å². The van der Waals surface area contributed by atoms with Crippen LogP contribution in [0.2, 0.25) is 0 Å². The molecule has 0 aromatic heterocycles. The number of fused-ring (bicyclic) bond motifs is 1. The van der Waals surface area contributed by atoms with Crippen LogP contribution in [0.5, 0.6) is 11.5 Å². The van der Waals surface area contributed by atoms with E-state index in [0.29, 0.717) is 35.2 Å². The molecule has 16 nitrogen and oxygen atoms in total. The Kier molecular flexibility index (Phi) is 15.6. The van der Waals surface area contributed by atoms with Crippen molar-refractivity contribution in [2.75, 3.05) is 47.6 Å². The standard InChI is InChI=1S/C45H62F2N6O10/c1-42(2,14-15-48-6)62-16-17-63-43(3,4)21-36(54)49-23-29-10-9-11-30-24-52(25-32(29)30)37(55)20-31-19-33(51-39(31)57)41(59)53-27-45(46,47)26-44(53,5)38(56)40(58)50-22-28-12-13-34(60-7)35(18-28)61-8/h9-13,18,31,33,48H,14-17,19-27H2,1-8H3,(H,49,54)(H,50,58)(H,51,57)/t31-,33-,44-/m0/s1. The number of hydrogen-bond acceptors (Lipinski definition) is 11. The van der Waals surface area contributed by atoms with Gasteiger partial charge >= 0.3 is 0 Å². The summed E-state index contributed by atoms with van der Waals surface area (Å²) in [5.41, 5.74) is -0.0818.